The number of carbonyl (C=O) groups is 1. The minimum atomic E-state index is -2.26. The summed E-state index contributed by atoms with van der Waals surface area (Å²) in [6.07, 6.45) is 9.90. The van der Waals surface area contributed by atoms with Gasteiger partial charge in [0.15, 0.2) is 23.3 Å². The van der Waals surface area contributed by atoms with Crippen molar-refractivity contribution in [3.8, 4) is 11.5 Å². The Bertz CT molecular complexity index is 1450. The molecule has 45 heavy (non-hydrogen) atoms. The zero-order valence-electron chi connectivity index (χ0n) is 26.1. The maximum Gasteiger partial charge on any atom is 0.346 e. The van der Waals surface area contributed by atoms with Gasteiger partial charge in [0, 0.05) is 0 Å². The number of hydrogen-bond donors (Lipinski definition) is 0. The van der Waals surface area contributed by atoms with Gasteiger partial charge in [-0.05, 0) is 92.0 Å². The molecule has 0 bridgehead atoms. The second-order valence-corrected chi connectivity index (χ2v) is 11.7. The molecule has 0 amide bonds. The van der Waals surface area contributed by atoms with Gasteiger partial charge in [-0.2, -0.15) is 8.78 Å². The lowest BCUT2D eigenvalue weighted by atomic mass is 9.76. The van der Waals surface area contributed by atoms with Crippen LogP contribution in [0.25, 0.3) is 5.57 Å². The summed E-state index contributed by atoms with van der Waals surface area (Å²) in [4.78, 5) is 12.7. The van der Waals surface area contributed by atoms with Gasteiger partial charge >= 0.3 is 5.97 Å². The summed E-state index contributed by atoms with van der Waals surface area (Å²) in [6, 6.07) is 6.18. The third kappa shape index (κ3) is 8.16. The van der Waals surface area contributed by atoms with Crippen LogP contribution in [-0.2, 0) is 4.74 Å². The van der Waals surface area contributed by atoms with Crippen LogP contribution >= 0.6 is 0 Å². The van der Waals surface area contributed by atoms with E-state index in [0.717, 1.165) is 43.7 Å². The van der Waals surface area contributed by atoms with Crippen LogP contribution in [-0.4, -0.2) is 31.0 Å². The van der Waals surface area contributed by atoms with E-state index in [-0.39, 0.29) is 24.0 Å². The number of rotatable bonds is 14. The molecule has 244 valence electrons. The van der Waals surface area contributed by atoms with Gasteiger partial charge in [0.2, 0.25) is 11.6 Å². The minimum absolute atomic E-state index is 0.000373. The molecule has 4 rings (SSSR count). The molecule has 0 saturated carbocycles. The molecule has 0 aliphatic heterocycles. The highest BCUT2D eigenvalue weighted by Gasteiger charge is 2.46. The van der Waals surface area contributed by atoms with Crippen molar-refractivity contribution in [2.24, 2.45) is 5.92 Å². The predicted molar refractivity (Wildman–Crippen MR) is 164 cm³/mol. The van der Waals surface area contributed by atoms with Gasteiger partial charge in [0.25, 0.3) is 0 Å². The van der Waals surface area contributed by atoms with E-state index >= 15 is 13.2 Å². The highest BCUT2D eigenvalue weighted by atomic mass is 19.2. The van der Waals surface area contributed by atoms with E-state index in [4.69, 9.17) is 14.2 Å². The summed E-state index contributed by atoms with van der Waals surface area (Å²) in [5.74, 6) is -5.95. The van der Waals surface area contributed by atoms with Crippen LogP contribution in [0.2, 0.25) is 0 Å². The molecule has 0 saturated heterocycles. The van der Waals surface area contributed by atoms with Crippen LogP contribution in [0.4, 0.5) is 22.0 Å². The van der Waals surface area contributed by atoms with Crippen LogP contribution in [0.1, 0.15) is 94.5 Å². The predicted octanol–water partition coefficient (Wildman–Crippen LogP) is 10.2. The Labute approximate surface area is 261 Å². The van der Waals surface area contributed by atoms with Gasteiger partial charge in [-0.15, -0.1) is 0 Å². The summed E-state index contributed by atoms with van der Waals surface area (Å²) in [6.45, 7) is 5.80. The van der Waals surface area contributed by atoms with Gasteiger partial charge in [0.1, 0.15) is 11.6 Å². The summed E-state index contributed by atoms with van der Waals surface area (Å²) in [5, 5.41) is 0. The fraction of sp³-hybridized carbons (Fsp3) is 0.472. The Morgan fingerprint density at radius 2 is 1.62 bits per heavy atom. The van der Waals surface area contributed by atoms with E-state index in [1.54, 1.807) is 6.08 Å². The molecular weight excluding hydrogens is 591 g/mol. The molecular formula is C36H41F5O4. The van der Waals surface area contributed by atoms with Crippen molar-refractivity contribution in [3.63, 3.8) is 0 Å². The number of esters is 1. The van der Waals surface area contributed by atoms with Gasteiger partial charge in [-0.1, -0.05) is 57.7 Å². The zero-order valence-corrected chi connectivity index (χ0v) is 26.1. The Morgan fingerprint density at radius 3 is 2.31 bits per heavy atom. The van der Waals surface area contributed by atoms with E-state index in [0.29, 0.717) is 43.4 Å². The van der Waals surface area contributed by atoms with Crippen LogP contribution < -0.4 is 9.47 Å². The van der Waals surface area contributed by atoms with E-state index < -0.39 is 46.6 Å². The standard InChI is InChI=1S/C36H41F5O4/c1-4-6-8-9-21-43-29-17-18-30(33(39)32(29)38)45-35(42)27-15-14-25(22-28(27)37)23-10-12-24(13-11-23)26-16-19-31(44-20-7-5-2)36(3,41)34(26)40/h10,14-19,22,24,34H,4-9,11-13,20-21H2,1-3H3. The smallest absolute Gasteiger partial charge is 0.346 e. The molecule has 3 atom stereocenters. The Balaban J connectivity index is 1.39. The van der Waals surface area contributed by atoms with Gasteiger partial charge in [-0.25, -0.2) is 18.0 Å². The zero-order chi connectivity index (χ0) is 32.6. The molecule has 4 nitrogen and oxygen atoms in total. The van der Waals surface area contributed by atoms with Crippen molar-refractivity contribution in [1.82, 2.24) is 0 Å². The summed E-state index contributed by atoms with van der Waals surface area (Å²) in [7, 11) is 0. The number of carbonyl (C=O) groups excluding carboxylic acids is 1. The van der Waals surface area contributed by atoms with Crippen molar-refractivity contribution >= 4 is 11.5 Å². The van der Waals surface area contributed by atoms with Crippen molar-refractivity contribution in [3.05, 3.63) is 88.5 Å². The van der Waals surface area contributed by atoms with Crippen molar-refractivity contribution < 1.29 is 41.0 Å². The summed E-state index contributed by atoms with van der Waals surface area (Å²) < 4.78 is 90.7. The summed E-state index contributed by atoms with van der Waals surface area (Å²) in [5.41, 5.74) is -0.998. The minimum Gasteiger partial charge on any atom is -0.494 e. The second kappa shape index (κ2) is 15.6. The highest BCUT2D eigenvalue weighted by molar-refractivity contribution is 5.92. The summed E-state index contributed by atoms with van der Waals surface area (Å²) >= 11 is 0. The molecule has 2 aliphatic carbocycles. The maximum absolute atomic E-state index is 15.4. The third-order valence-corrected chi connectivity index (χ3v) is 8.34. The molecule has 0 radical (unpaired) electrons. The molecule has 9 heteroatoms. The number of ether oxygens (including phenoxy) is 3. The van der Waals surface area contributed by atoms with E-state index in [2.05, 4.69) is 6.92 Å². The highest BCUT2D eigenvalue weighted by Crippen LogP contribution is 2.43. The number of hydrogen-bond acceptors (Lipinski definition) is 4. The number of alkyl halides is 2. The fourth-order valence-corrected chi connectivity index (χ4v) is 5.57. The lowest BCUT2D eigenvalue weighted by molar-refractivity contribution is 0.0388. The number of benzene rings is 2. The quantitative estimate of drug-likeness (QED) is 0.0900. The average molecular weight is 633 g/mol. The van der Waals surface area contributed by atoms with Crippen molar-refractivity contribution in [2.75, 3.05) is 13.2 Å². The Kier molecular flexibility index (Phi) is 11.9. The van der Waals surface area contributed by atoms with Crippen molar-refractivity contribution in [1.29, 1.82) is 0 Å². The largest absolute Gasteiger partial charge is 0.494 e. The third-order valence-electron chi connectivity index (χ3n) is 8.34. The molecule has 0 spiro atoms. The molecule has 0 aromatic heterocycles. The van der Waals surface area contributed by atoms with Crippen LogP contribution in [0.15, 0.2) is 59.9 Å². The SMILES string of the molecule is CCCCCCOc1ccc(OC(=O)c2ccc(C3=CCC(C4=CC=C(OCCCC)C(C)(F)C4F)CC3)cc2F)c(F)c1F. The lowest BCUT2D eigenvalue weighted by Crippen LogP contribution is -2.40. The monoisotopic (exact) mass is 632 g/mol. The molecule has 2 aliphatic rings. The Hall–Kier alpha value is -3.62. The van der Waals surface area contributed by atoms with Gasteiger partial charge in [0.05, 0.1) is 18.8 Å². The van der Waals surface area contributed by atoms with E-state index in [1.165, 1.54) is 37.3 Å². The first-order valence-corrected chi connectivity index (χ1v) is 15.8. The normalized spacial score (nSPS) is 21.5. The number of halogens is 5. The molecule has 0 N–H and O–H groups in total. The number of unbranched alkanes of at least 4 members (excludes halogenated alkanes) is 4. The number of allylic oxidation sites excluding steroid dienone is 6. The molecule has 0 fully saturated rings. The van der Waals surface area contributed by atoms with E-state index in [9.17, 15) is 13.6 Å². The van der Waals surface area contributed by atoms with E-state index in [1.807, 2.05) is 13.0 Å². The first-order chi connectivity index (χ1) is 21.6. The van der Waals surface area contributed by atoms with Gasteiger partial charge in [-0.3, -0.25) is 0 Å². The van der Waals surface area contributed by atoms with Crippen LogP contribution in [0, 0.1) is 23.4 Å². The topological polar surface area (TPSA) is 44.8 Å². The first kappa shape index (κ1) is 34.3. The average Bonchev–Trinajstić information content (AvgIpc) is 3.02. The molecule has 0 heterocycles. The first-order valence-electron chi connectivity index (χ1n) is 15.8. The van der Waals surface area contributed by atoms with Crippen LogP contribution in [0.3, 0.4) is 0 Å². The van der Waals surface area contributed by atoms with Crippen LogP contribution in [0.5, 0.6) is 11.5 Å². The second-order valence-electron chi connectivity index (χ2n) is 11.7. The molecule has 2 aromatic rings. The Morgan fingerprint density at radius 1 is 0.911 bits per heavy atom. The maximum atomic E-state index is 15.4. The fourth-order valence-electron chi connectivity index (χ4n) is 5.57. The van der Waals surface area contributed by atoms with Gasteiger partial charge < -0.3 is 14.2 Å². The van der Waals surface area contributed by atoms with Crippen molar-refractivity contribution in [2.45, 2.75) is 90.4 Å². The molecule has 3 unspecified atom stereocenters. The lowest BCUT2D eigenvalue weighted by Gasteiger charge is -2.35. The molecule has 2 aromatic carbocycles.